The third-order valence-corrected chi connectivity index (χ3v) is 3.81. The molecule has 0 amide bonds. The number of hydrogen-bond donors (Lipinski definition) is 1. The molecule has 1 fully saturated rings. The van der Waals surface area contributed by atoms with E-state index >= 15 is 0 Å². The zero-order valence-electron chi connectivity index (χ0n) is 10.3. The minimum atomic E-state index is 0.379. The zero-order valence-corrected chi connectivity index (χ0v) is 10.3. The van der Waals surface area contributed by atoms with Crippen molar-refractivity contribution in [1.82, 2.24) is 4.90 Å². The molecule has 1 aliphatic carbocycles. The summed E-state index contributed by atoms with van der Waals surface area (Å²) in [6, 6.07) is 0. The van der Waals surface area contributed by atoms with Gasteiger partial charge in [0.2, 0.25) is 0 Å². The monoisotopic (exact) mass is 210 g/mol. The maximum atomic E-state index is 5.98. The molecule has 88 valence electrons. The van der Waals surface area contributed by atoms with Crippen molar-refractivity contribution in [3.05, 3.63) is 12.7 Å². The topological polar surface area (TPSA) is 29.3 Å². The van der Waals surface area contributed by atoms with Gasteiger partial charge in [-0.15, -0.1) is 6.58 Å². The highest BCUT2D eigenvalue weighted by Crippen LogP contribution is 2.38. The predicted octanol–water partition coefficient (Wildman–Crippen LogP) is 2.26. The molecule has 0 saturated heterocycles. The van der Waals surface area contributed by atoms with Crippen LogP contribution in [0.4, 0.5) is 0 Å². The van der Waals surface area contributed by atoms with Crippen LogP contribution in [0.25, 0.3) is 0 Å². The van der Waals surface area contributed by atoms with Gasteiger partial charge in [0.25, 0.3) is 0 Å². The average molecular weight is 210 g/mol. The van der Waals surface area contributed by atoms with Crippen LogP contribution in [0.3, 0.4) is 0 Å². The van der Waals surface area contributed by atoms with Crippen LogP contribution >= 0.6 is 0 Å². The summed E-state index contributed by atoms with van der Waals surface area (Å²) >= 11 is 0. The molecule has 0 aliphatic heterocycles. The van der Waals surface area contributed by atoms with Gasteiger partial charge in [-0.3, -0.25) is 0 Å². The van der Waals surface area contributed by atoms with Gasteiger partial charge in [-0.05, 0) is 37.8 Å². The second-order valence-electron chi connectivity index (χ2n) is 5.37. The zero-order chi connectivity index (χ0) is 11.3. The van der Waals surface area contributed by atoms with Gasteiger partial charge in [-0.25, -0.2) is 0 Å². The molecule has 1 aliphatic rings. The molecular formula is C13H26N2. The van der Waals surface area contributed by atoms with Gasteiger partial charge in [-0.2, -0.15) is 0 Å². The summed E-state index contributed by atoms with van der Waals surface area (Å²) in [5.74, 6) is 0.898. The Morgan fingerprint density at radius 2 is 2.07 bits per heavy atom. The molecule has 0 aromatic heterocycles. The van der Waals surface area contributed by atoms with Crippen molar-refractivity contribution in [3.63, 3.8) is 0 Å². The lowest BCUT2D eigenvalue weighted by Crippen LogP contribution is -2.43. The summed E-state index contributed by atoms with van der Waals surface area (Å²) in [6.45, 7) is 9.07. The van der Waals surface area contributed by atoms with Crippen molar-refractivity contribution in [2.24, 2.45) is 17.1 Å². The fourth-order valence-corrected chi connectivity index (χ4v) is 2.66. The lowest BCUT2D eigenvalue weighted by molar-refractivity contribution is 0.114. The van der Waals surface area contributed by atoms with Crippen LogP contribution in [0.2, 0.25) is 0 Å². The molecule has 2 heteroatoms. The first-order chi connectivity index (χ1) is 7.12. The van der Waals surface area contributed by atoms with Gasteiger partial charge in [0.15, 0.2) is 0 Å². The van der Waals surface area contributed by atoms with E-state index in [1.165, 1.54) is 25.7 Å². The van der Waals surface area contributed by atoms with Crippen molar-refractivity contribution in [2.45, 2.75) is 32.6 Å². The first kappa shape index (κ1) is 12.7. The van der Waals surface area contributed by atoms with Crippen LogP contribution in [-0.2, 0) is 0 Å². The number of rotatable bonds is 5. The van der Waals surface area contributed by atoms with E-state index < -0.39 is 0 Å². The molecule has 0 spiro atoms. The second-order valence-corrected chi connectivity index (χ2v) is 5.37. The fourth-order valence-electron chi connectivity index (χ4n) is 2.66. The third-order valence-electron chi connectivity index (χ3n) is 3.81. The van der Waals surface area contributed by atoms with E-state index in [1.54, 1.807) is 0 Å². The van der Waals surface area contributed by atoms with Crippen LogP contribution in [0.15, 0.2) is 12.7 Å². The second kappa shape index (κ2) is 5.66. The smallest absolute Gasteiger partial charge is 0.0157 e. The highest BCUT2D eigenvalue weighted by atomic mass is 15.1. The Labute approximate surface area is 94.5 Å². The maximum absolute atomic E-state index is 5.98. The first-order valence-corrected chi connectivity index (χ1v) is 6.11. The molecule has 0 unspecified atom stereocenters. The van der Waals surface area contributed by atoms with Gasteiger partial charge in [-0.1, -0.05) is 25.8 Å². The Kier molecular flexibility index (Phi) is 4.81. The van der Waals surface area contributed by atoms with Gasteiger partial charge < -0.3 is 10.6 Å². The molecule has 1 rings (SSSR count). The van der Waals surface area contributed by atoms with Crippen LogP contribution in [0.1, 0.15) is 32.6 Å². The largest absolute Gasteiger partial charge is 0.330 e. The first-order valence-electron chi connectivity index (χ1n) is 6.11. The summed E-state index contributed by atoms with van der Waals surface area (Å²) in [6.07, 6.45) is 7.26. The molecule has 0 atom stereocenters. The highest BCUT2D eigenvalue weighted by molar-refractivity contribution is 4.88. The SMILES string of the molecule is C=CCN(C)CC1(CN)CCC(C)CC1. The van der Waals surface area contributed by atoms with E-state index in [1.807, 2.05) is 6.08 Å². The van der Waals surface area contributed by atoms with Crippen molar-refractivity contribution in [1.29, 1.82) is 0 Å². The van der Waals surface area contributed by atoms with Crippen LogP contribution < -0.4 is 5.73 Å². The summed E-state index contributed by atoms with van der Waals surface area (Å²) in [5, 5.41) is 0. The number of nitrogens with zero attached hydrogens (tertiary/aromatic N) is 1. The molecular weight excluding hydrogens is 184 g/mol. The van der Waals surface area contributed by atoms with Crippen LogP contribution in [0.5, 0.6) is 0 Å². The van der Waals surface area contributed by atoms with Crippen molar-refractivity contribution >= 4 is 0 Å². The van der Waals surface area contributed by atoms with Crippen LogP contribution in [-0.4, -0.2) is 31.6 Å². The average Bonchev–Trinajstić information content (AvgIpc) is 2.22. The third kappa shape index (κ3) is 3.62. The van der Waals surface area contributed by atoms with E-state index in [9.17, 15) is 0 Å². The maximum Gasteiger partial charge on any atom is 0.0157 e. The lowest BCUT2D eigenvalue weighted by atomic mass is 9.70. The molecule has 2 N–H and O–H groups in total. The normalized spacial score (nSPS) is 31.9. The van der Waals surface area contributed by atoms with E-state index in [2.05, 4.69) is 25.5 Å². The van der Waals surface area contributed by atoms with Gasteiger partial charge in [0.05, 0.1) is 0 Å². The minimum absolute atomic E-state index is 0.379. The van der Waals surface area contributed by atoms with E-state index in [0.717, 1.165) is 25.6 Å². The Morgan fingerprint density at radius 1 is 1.47 bits per heavy atom. The molecule has 1 saturated carbocycles. The van der Waals surface area contributed by atoms with Gasteiger partial charge in [0.1, 0.15) is 0 Å². The molecule has 0 bridgehead atoms. The lowest BCUT2D eigenvalue weighted by Gasteiger charge is -2.41. The molecule has 15 heavy (non-hydrogen) atoms. The summed E-state index contributed by atoms with van der Waals surface area (Å²) in [7, 11) is 2.16. The molecule has 0 radical (unpaired) electrons. The predicted molar refractivity (Wildman–Crippen MR) is 66.8 cm³/mol. The van der Waals surface area contributed by atoms with Gasteiger partial charge >= 0.3 is 0 Å². The fraction of sp³-hybridized carbons (Fsp3) is 0.846. The minimum Gasteiger partial charge on any atom is -0.330 e. The summed E-state index contributed by atoms with van der Waals surface area (Å²) in [4.78, 5) is 2.34. The van der Waals surface area contributed by atoms with E-state index in [4.69, 9.17) is 5.73 Å². The van der Waals surface area contributed by atoms with Crippen molar-refractivity contribution in [2.75, 3.05) is 26.7 Å². The summed E-state index contributed by atoms with van der Waals surface area (Å²) in [5.41, 5.74) is 6.35. The molecule has 0 aromatic rings. The quantitative estimate of drug-likeness (QED) is 0.705. The molecule has 0 heterocycles. The summed E-state index contributed by atoms with van der Waals surface area (Å²) < 4.78 is 0. The van der Waals surface area contributed by atoms with Crippen LogP contribution in [0, 0.1) is 11.3 Å². The van der Waals surface area contributed by atoms with Gasteiger partial charge in [0, 0.05) is 13.1 Å². The number of likely N-dealkylation sites (N-methyl/N-ethyl adjacent to an activating group) is 1. The number of nitrogens with two attached hydrogens (primary N) is 1. The Bertz CT molecular complexity index is 193. The number of hydrogen-bond acceptors (Lipinski definition) is 2. The highest BCUT2D eigenvalue weighted by Gasteiger charge is 2.33. The van der Waals surface area contributed by atoms with Crippen molar-refractivity contribution < 1.29 is 0 Å². The van der Waals surface area contributed by atoms with Crippen molar-refractivity contribution in [3.8, 4) is 0 Å². The standard InChI is InChI=1S/C13H26N2/c1-4-9-15(3)11-13(10-14)7-5-12(2)6-8-13/h4,12H,1,5-11,14H2,2-3H3. The Hall–Kier alpha value is -0.340. The molecule has 2 nitrogen and oxygen atoms in total. The van der Waals surface area contributed by atoms with E-state index in [-0.39, 0.29) is 0 Å². The Balaban J connectivity index is 2.49. The molecule has 0 aromatic carbocycles. The van der Waals surface area contributed by atoms with E-state index in [0.29, 0.717) is 5.41 Å². The Morgan fingerprint density at radius 3 is 2.53 bits per heavy atom.